The molecule has 1 unspecified atom stereocenters. The fraction of sp³-hybridized carbons (Fsp3) is 0.571. The van der Waals surface area contributed by atoms with E-state index in [0.717, 1.165) is 31.9 Å². The highest BCUT2D eigenvalue weighted by molar-refractivity contribution is 5.20. The zero-order valence-electron chi connectivity index (χ0n) is 11.1. The number of rotatable bonds is 5. The van der Waals surface area contributed by atoms with Gasteiger partial charge in [-0.05, 0) is 19.2 Å². The van der Waals surface area contributed by atoms with E-state index in [1.165, 1.54) is 0 Å². The Morgan fingerprint density at radius 2 is 1.83 bits per heavy atom. The zero-order valence-corrected chi connectivity index (χ0v) is 11.1. The molecule has 0 bridgehead atoms. The average Bonchev–Trinajstić information content (AvgIpc) is 2.42. The molecule has 1 aliphatic rings. The standard InChI is InChI=1S/C14H23N3O/c1-16-7-9-17(10-8-16)13(11-15)12-18-14-5-3-2-4-6-14/h2-6,13H,7-12,15H2,1H3. The highest BCUT2D eigenvalue weighted by atomic mass is 16.5. The van der Waals surface area contributed by atoms with Crippen molar-refractivity contribution in [2.75, 3.05) is 46.4 Å². The van der Waals surface area contributed by atoms with E-state index in [0.29, 0.717) is 19.2 Å². The third-order valence-corrected chi connectivity index (χ3v) is 3.51. The molecule has 4 nitrogen and oxygen atoms in total. The summed E-state index contributed by atoms with van der Waals surface area (Å²) in [4.78, 5) is 4.78. The predicted molar refractivity (Wildman–Crippen MR) is 73.8 cm³/mol. The van der Waals surface area contributed by atoms with E-state index >= 15 is 0 Å². The molecule has 1 aliphatic heterocycles. The topological polar surface area (TPSA) is 41.7 Å². The lowest BCUT2D eigenvalue weighted by Gasteiger charge is -2.37. The van der Waals surface area contributed by atoms with Gasteiger partial charge in [0.1, 0.15) is 12.4 Å². The third kappa shape index (κ3) is 3.70. The van der Waals surface area contributed by atoms with Crippen molar-refractivity contribution in [3.63, 3.8) is 0 Å². The van der Waals surface area contributed by atoms with E-state index in [1.54, 1.807) is 0 Å². The quantitative estimate of drug-likeness (QED) is 0.831. The molecule has 1 aromatic rings. The minimum atomic E-state index is 0.318. The van der Waals surface area contributed by atoms with Crippen molar-refractivity contribution in [3.8, 4) is 5.75 Å². The molecule has 1 fully saturated rings. The molecule has 1 saturated heterocycles. The van der Waals surface area contributed by atoms with Gasteiger partial charge in [0.15, 0.2) is 0 Å². The summed E-state index contributed by atoms with van der Waals surface area (Å²) in [6.45, 7) is 5.71. The second-order valence-corrected chi connectivity index (χ2v) is 4.85. The van der Waals surface area contributed by atoms with E-state index in [2.05, 4.69) is 16.8 Å². The Kier molecular flexibility index (Phi) is 4.99. The number of hydrogen-bond acceptors (Lipinski definition) is 4. The minimum Gasteiger partial charge on any atom is -0.492 e. The molecular formula is C14H23N3O. The molecule has 0 aromatic heterocycles. The Bertz CT molecular complexity index is 336. The van der Waals surface area contributed by atoms with E-state index in [-0.39, 0.29) is 0 Å². The minimum absolute atomic E-state index is 0.318. The molecule has 1 aromatic carbocycles. The molecule has 0 radical (unpaired) electrons. The molecule has 0 aliphatic carbocycles. The molecule has 2 rings (SSSR count). The molecule has 100 valence electrons. The van der Waals surface area contributed by atoms with E-state index < -0.39 is 0 Å². The van der Waals surface area contributed by atoms with Crippen molar-refractivity contribution in [1.29, 1.82) is 0 Å². The molecule has 4 heteroatoms. The van der Waals surface area contributed by atoms with Gasteiger partial charge in [-0.2, -0.15) is 0 Å². The summed E-state index contributed by atoms with van der Waals surface area (Å²) in [5.41, 5.74) is 5.87. The van der Waals surface area contributed by atoms with E-state index in [4.69, 9.17) is 10.5 Å². The summed E-state index contributed by atoms with van der Waals surface area (Å²) in [7, 11) is 2.16. The van der Waals surface area contributed by atoms with E-state index in [9.17, 15) is 0 Å². The van der Waals surface area contributed by atoms with Gasteiger partial charge in [0.2, 0.25) is 0 Å². The molecule has 18 heavy (non-hydrogen) atoms. The lowest BCUT2D eigenvalue weighted by molar-refractivity contribution is 0.0856. The highest BCUT2D eigenvalue weighted by Crippen LogP contribution is 2.11. The second kappa shape index (κ2) is 6.73. The summed E-state index contributed by atoms with van der Waals surface area (Å²) in [6, 6.07) is 10.3. The smallest absolute Gasteiger partial charge is 0.119 e. The van der Waals surface area contributed by atoms with Crippen molar-refractivity contribution in [2.45, 2.75) is 6.04 Å². The van der Waals surface area contributed by atoms with Crippen LogP contribution in [-0.2, 0) is 0 Å². The number of hydrogen-bond donors (Lipinski definition) is 1. The van der Waals surface area contributed by atoms with E-state index in [1.807, 2.05) is 30.3 Å². The van der Waals surface area contributed by atoms with Gasteiger partial charge in [-0.25, -0.2) is 0 Å². The van der Waals surface area contributed by atoms with Crippen LogP contribution in [0.5, 0.6) is 5.75 Å². The van der Waals surface area contributed by atoms with Crippen LogP contribution in [0.15, 0.2) is 30.3 Å². The Morgan fingerprint density at radius 1 is 1.17 bits per heavy atom. The maximum absolute atomic E-state index is 5.87. The van der Waals surface area contributed by atoms with Gasteiger partial charge in [0, 0.05) is 32.7 Å². The first-order valence-electron chi connectivity index (χ1n) is 6.60. The number of para-hydroxylation sites is 1. The monoisotopic (exact) mass is 249 g/mol. The second-order valence-electron chi connectivity index (χ2n) is 4.85. The van der Waals surface area contributed by atoms with Crippen LogP contribution in [0.4, 0.5) is 0 Å². The van der Waals surface area contributed by atoms with Crippen LogP contribution in [0, 0.1) is 0 Å². The number of ether oxygens (including phenoxy) is 1. The van der Waals surface area contributed by atoms with Crippen LogP contribution in [0.3, 0.4) is 0 Å². The van der Waals surface area contributed by atoms with Crippen molar-refractivity contribution in [2.24, 2.45) is 5.73 Å². The van der Waals surface area contributed by atoms with Crippen LogP contribution < -0.4 is 10.5 Å². The van der Waals surface area contributed by atoms with Gasteiger partial charge in [0.25, 0.3) is 0 Å². The highest BCUT2D eigenvalue weighted by Gasteiger charge is 2.21. The molecule has 2 N–H and O–H groups in total. The molecule has 0 saturated carbocycles. The Balaban J connectivity index is 1.82. The Hall–Kier alpha value is -1.10. The van der Waals surface area contributed by atoms with Gasteiger partial charge >= 0.3 is 0 Å². The normalized spacial score (nSPS) is 19.7. The van der Waals surface area contributed by atoms with Crippen LogP contribution in [0.25, 0.3) is 0 Å². The summed E-state index contributed by atoms with van der Waals surface area (Å²) in [6.07, 6.45) is 0. The Labute approximate surface area is 109 Å². The summed E-state index contributed by atoms with van der Waals surface area (Å²) in [5, 5.41) is 0. The van der Waals surface area contributed by atoms with Gasteiger partial charge < -0.3 is 15.4 Å². The predicted octanol–water partition coefficient (Wildman–Crippen LogP) is 0.640. The number of piperazine rings is 1. The first-order chi connectivity index (χ1) is 8.79. The Morgan fingerprint density at radius 3 is 2.44 bits per heavy atom. The fourth-order valence-electron chi connectivity index (χ4n) is 2.22. The van der Waals surface area contributed by atoms with Gasteiger partial charge in [-0.1, -0.05) is 18.2 Å². The van der Waals surface area contributed by atoms with Crippen LogP contribution in [0.2, 0.25) is 0 Å². The molecular weight excluding hydrogens is 226 g/mol. The molecule has 1 heterocycles. The number of benzene rings is 1. The third-order valence-electron chi connectivity index (χ3n) is 3.51. The van der Waals surface area contributed by atoms with Crippen LogP contribution >= 0.6 is 0 Å². The lowest BCUT2D eigenvalue weighted by Crippen LogP contribution is -2.53. The lowest BCUT2D eigenvalue weighted by atomic mass is 10.2. The largest absolute Gasteiger partial charge is 0.492 e. The van der Waals surface area contributed by atoms with Crippen LogP contribution in [-0.4, -0.2) is 62.2 Å². The van der Waals surface area contributed by atoms with Crippen molar-refractivity contribution < 1.29 is 4.74 Å². The van der Waals surface area contributed by atoms with Crippen molar-refractivity contribution >= 4 is 0 Å². The zero-order chi connectivity index (χ0) is 12.8. The SMILES string of the molecule is CN1CCN(C(CN)COc2ccccc2)CC1. The number of nitrogens with zero attached hydrogens (tertiary/aromatic N) is 2. The molecule has 1 atom stereocenters. The summed E-state index contributed by atoms with van der Waals surface area (Å²) in [5.74, 6) is 0.921. The average molecular weight is 249 g/mol. The molecule has 0 spiro atoms. The summed E-state index contributed by atoms with van der Waals surface area (Å²) < 4.78 is 5.80. The summed E-state index contributed by atoms with van der Waals surface area (Å²) >= 11 is 0. The van der Waals surface area contributed by atoms with Crippen molar-refractivity contribution in [3.05, 3.63) is 30.3 Å². The molecule has 0 amide bonds. The van der Waals surface area contributed by atoms with Crippen molar-refractivity contribution in [1.82, 2.24) is 9.80 Å². The number of likely N-dealkylation sites (N-methyl/N-ethyl adjacent to an activating group) is 1. The van der Waals surface area contributed by atoms with Gasteiger partial charge in [-0.3, -0.25) is 4.90 Å². The van der Waals surface area contributed by atoms with Gasteiger partial charge in [-0.15, -0.1) is 0 Å². The maximum atomic E-state index is 5.87. The van der Waals surface area contributed by atoms with Gasteiger partial charge in [0.05, 0.1) is 6.04 Å². The first kappa shape index (κ1) is 13.3. The number of nitrogens with two attached hydrogens (primary N) is 1. The fourth-order valence-corrected chi connectivity index (χ4v) is 2.22. The maximum Gasteiger partial charge on any atom is 0.119 e. The van der Waals surface area contributed by atoms with Crippen LogP contribution in [0.1, 0.15) is 0 Å². The first-order valence-corrected chi connectivity index (χ1v) is 6.60.